The number of aromatic nitrogens is 3. The molecule has 0 atom stereocenters. The number of thiophene rings is 1. The van der Waals surface area contributed by atoms with Crippen molar-refractivity contribution in [3.8, 4) is 11.1 Å². The highest BCUT2D eigenvalue weighted by Crippen LogP contribution is 2.30. The van der Waals surface area contributed by atoms with Crippen LogP contribution in [0.15, 0.2) is 59.1 Å². The molecule has 0 spiro atoms. The van der Waals surface area contributed by atoms with E-state index in [1.165, 1.54) is 22.2 Å². The van der Waals surface area contributed by atoms with Crippen molar-refractivity contribution in [3.05, 3.63) is 70.2 Å². The van der Waals surface area contributed by atoms with Gasteiger partial charge in [-0.25, -0.2) is 9.97 Å². The normalized spacial score (nSPS) is 10.9. The zero-order valence-corrected chi connectivity index (χ0v) is 18.4. The molecule has 1 aromatic carbocycles. The number of nitrogens with zero attached hydrogens (tertiary/aromatic N) is 4. The zero-order chi connectivity index (χ0) is 22.0. The van der Waals surface area contributed by atoms with Crippen LogP contribution >= 0.6 is 11.3 Å². The minimum Gasteiger partial charge on any atom is -0.361 e. The molecule has 0 fully saturated rings. The molecule has 1 amide bonds. The van der Waals surface area contributed by atoms with Gasteiger partial charge in [0.15, 0.2) is 5.82 Å². The molecule has 3 heterocycles. The van der Waals surface area contributed by atoms with E-state index in [2.05, 4.69) is 15.3 Å². The van der Waals surface area contributed by atoms with E-state index in [4.69, 9.17) is 0 Å². The van der Waals surface area contributed by atoms with Crippen molar-refractivity contribution >= 4 is 39.0 Å². The molecule has 0 bridgehead atoms. The van der Waals surface area contributed by atoms with Gasteiger partial charge in [0.2, 0.25) is 5.91 Å². The third kappa shape index (κ3) is 4.34. The summed E-state index contributed by atoms with van der Waals surface area (Å²) in [6.07, 6.45) is 3.35. The summed E-state index contributed by atoms with van der Waals surface area (Å²) in [5, 5.41) is 5.44. The first-order valence-corrected chi connectivity index (χ1v) is 10.8. The highest BCUT2D eigenvalue weighted by Gasteiger charge is 2.14. The van der Waals surface area contributed by atoms with E-state index in [1.54, 1.807) is 18.3 Å². The molecule has 4 rings (SSSR count). The van der Waals surface area contributed by atoms with Gasteiger partial charge < -0.3 is 10.2 Å². The molecule has 0 unspecified atom stereocenters. The summed E-state index contributed by atoms with van der Waals surface area (Å²) in [6, 6.07) is 11.7. The molecular formula is C23H23N5O2S. The number of pyridine rings is 1. The second-order valence-electron chi connectivity index (χ2n) is 7.51. The topological polar surface area (TPSA) is 80.1 Å². The molecular weight excluding hydrogens is 410 g/mol. The molecule has 0 saturated heterocycles. The Morgan fingerprint density at radius 2 is 1.94 bits per heavy atom. The first kappa shape index (κ1) is 20.7. The van der Waals surface area contributed by atoms with Crippen LogP contribution in [0, 0.1) is 6.92 Å². The van der Waals surface area contributed by atoms with E-state index in [0.29, 0.717) is 21.7 Å². The summed E-state index contributed by atoms with van der Waals surface area (Å²) < 4.78 is 1.50. The first-order valence-electron chi connectivity index (χ1n) is 9.90. The van der Waals surface area contributed by atoms with E-state index < -0.39 is 0 Å². The molecule has 31 heavy (non-hydrogen) atoms. The molecule has 7 nitrogen and oxygen atoms in total. The number of nitrogens with one attached hydrogen (secondary N) is 1. The smallest absolute Gasteiger partial charge is 0.262 e. The predicted octanol–water partition coefficient (Wildman–Crippen LogP) is 3.92. The van der Waals surface area contributed by atoms with Crippen molar-refractivity contribution in [1.82, 2.24) is 14.5 Å². The Kier molecular flexibility index (Phi) is 5.81. The molecule has 0 aliphatic heterocycles. The van der Waals surface area contributed by atoms with Crippen LogP contribution in [0.25, 0.3) is 21.3 Å². The maximum atomic E-state index is 13.1. The fraction of sp³-hybridized carbons (Fsp3) is 0.217. The maximum Gasteiger partial charge on any atom is 0.262 e. The first-order chi connectivity index (χ1) is 14.9. The lowest BCUT2D eigenvalue weighted by Gasteiger charge is -2.16. The number of benzene rings is 1. The van der Waals surface area contributed by atoms with E-state index in [9.17, 15) is 9.59 Å². The average molecular weight is 434 g/mol. The lowest BCUT2D eigenvalue weighted by atomic mass is 10.1. The summed E-state index contributed by atoms with van der Waals surface area (Å²) in [6.45, 7) is 2.27. The average Bonchev–Trinajstić information content (AvgIpc) is 3.19. The predicted molar refractivity (Wildman–Crippen MR) is 126 cm³/mol. The second kappa shape index (κ2) is 8.69. The molecule has 158 valence electrons. The minimum absolute atomic E-state index is 0.134. The van der Waals surface area contributed by atoms with Crippen LogP contribution in [0.1, 0.15) is 12.0 Å². The number of anilines is 2. The summed E-state index contributed by atoms with van der Waals surface area (Å²) in [5.41, 5.74) is 3.53. The third-order valence-corrected chi connectivity index (χ3v) is 5.87. The Balaban J connectivity index is 1.55. The lowest BCUT2D eigenvalue weighted by Crippen LogP contribution is -2.24. The number of carbonyl (C=O) groups is 1. The van der Waals surface area contributed by atoms with Gasteiger partial charge >= 0.3 is 0 Å². The number of amides is 1. The van der Waals surface area contributed by atoms with Crippen molar-refractivity contribution in [1.29, 1.82) is 0 Å². The number of aryl methyl sites for hydroxylation is 2. The van der Waals surface area contributed by atoms with Crippen LogP contribution in [-0.2, 0) is 11.3 Å². The van der Waals surface area contributed by atoms with Gasteiger partial charge in [-0.15, -0.1) is 11.3 Å². The van der Waals surface area contributed by atoms with Crippen molar-refractivity contribution in [2.75, 3.05) is 24.3 Å². The third-order valence-electron chi connectivity index (χ3n) is 4.99. The van der Waals surface area contributed by atoms with Gasteiger partial charge in [0.05, 0.1) is 17.4 Å². The molecule has 0 radical (unpaired) electrons. The van der Waals surface area contributed by atoms with Crippen molar-refractivity contribution < 1.29 is 4.79 Å². The Morgan fingerprint density at radius 1 is 1.16 bits per heavy atom. The van der Waals surface area contributed by atoms with Gasteiger partial charge in [-0.2, -0.15) is 0 Å². The number of fused-ring (bicyclic) bond motifs is 1. The Morgan fingerprint density at radius 3 is 2.68 bits per heavy atom. The summed E-state index contributed by atoms with van der Waals surface area (Å²) >= 11 is 1.45. The van der Waals surface area contributed by atoms with Crippen LogP contribution in [-0.4, -0.2) is 34.5 Å². The van der Waals surface area contributed by atoms with Gasteiger partial charge in [0.25, 0.3) is 5.56 Å². The Labute approximate surface area is 184 Å². The minimum atomic E-state index is -0.188. The number of hydrogen-bond donors (Lipinski definition) is 1. The van der Waals surface area contributed by atoms with Gasteiger partial charge in [0.1, 0.15) is 4.83 Å². The molecule has 0 aliphatic rings. The SMILES string of the molecule is Cc1ccc(-c2csc3ncn(CCC(=O)Nc4cccnc4N(C)C)c(=O)c23)cc1. The van der Waals surface area contributed by atoms with Crippen LogP contribution in [0.3, 0.4) is 0 Å². The molecule has 0 aliphatic carbocycles. The van der Waals surface area contributed by atoms with Crippen LogP contribution in [0.5, 0.6) is 0 Å². The lowest BCUT2D eigenvalue weighted by molar-refractivity contribution is -0.116. The van der Waals surface area contributed by atoms with Gasteiger partial charge in [-0.05, 0) is 24.6 Å². The molecule has 1 N–H and O–H groups in total. The number of hydrogen-bond acceptors (Lipinski definition) is 6. The number of rotatable bonds is 6. The van der Waals surface area contributed by atoms with Crippen molar-refractivity contribution in [2.24, 2.45) is 0 Å². The van der Waals surface area contributed by atoms with E-state index >= 15 is 0 Å². The molecule has 0 saturated carbocycles. The molecule has 8 heteroatoms. The highest BCUT2D eigenvalue weighted by atomic mass is 32.1. The summed E-state index contributed by atoms with van der Waals surface area (Å²) in [5.74, 6) is 0.490. The highest BCUT2D eigenvalue weighted by molar-refractivity contribution is 7.17. The van der Waals surface area contributed by atoms with Gasteiger partial charge in [0, 0.05) is 44.2 Å². The quantitative estimate of drug-likeness (QED) is 0.498. The fourth-order valence-electron chi connectivity index (χ4n) is 3.36. The zero-order valence-electron chi connectivity index (χ0n) is 17.6. The standard InChI is InChI=1S/C23H23N5O2S/c1-15-6-8-16(9-7-15)17-13-31-22-20(17)23(30)28(14-25-22)12-10-19(29)26-18-5-4-11-24-21(18)27(2)3/h4-9,11,13-14H,10,12H2,1-3H3,(H,26,29). The second-order valence-corrected chi connectivity index (χ2v) is 8.36. The van der Waals surface area contributed by atoms with Crippen LogP contribution < -0.4 is 15.8 Å². The summed E-state index contributed by atoms with van der Waals surface area (Å²) in [4.78, 5) is 36.9. The monoisotopic (exact) mass is 433 g/mol. The van der Waals surface area contributed by atoms with E-state index in [1.807, 2.05) is 55.6 Å². The van der Waals surface area contributed by atoms with Crippen molar-refractivity contribution in [3.63, 3.8) is 0 Å². The fourth-order valence-corrected chi connectivity index (χ4v) is 4.26. The molecule has 4 aromatic rings. The Hall–Kier alpha value is -3.52. The van der Waals surface area contributed by atoms with E-state index in [0.717, 1.165) is 16.7 Å². The van der Waals surface area contributed by atoms with Gasteiger partial charge in [-0.3, -0.25) is 14.2 Å². The maximum absolute atomic E-state index is 13.1. The van der Waals surface area contributed by atoms with Crippen LogP contribution in [0.4, 0.5) is 11.5 Å². The molecule has 3 aromatic heterocycles. The van der Waals surface area contributed by atoms with Crippen molar-refractivity contribution in [2.45, 2.75) is 19.9 Å². The summed E-state index contributed by atoms with van der Waals surface area (Å²) in [7, 11) is 3.73. The Bertz CT molecular complexity index is 1290. The van der Waals surface area contributed by atoms with Crippen LogP contribution in [0.2, 0.25) is 0 Å². The van der Waals surface area contributed by atoms with Gasteiger partial charge in [-0.1, -0.05) is 29.8 Å². The van der Waals surface area contributed by atoms with E-state index in [-0.39, 0.29) is 24.4 Å². The largest absolute Gasteiger partial charge is 0.361 e. The number of carbonyl (C=O) groups excluding carboxylic acids is 1.